The van der Waals surface area contributed by atoms with Gasteiger partial charge >= 0.3 is 6.61 Å². The zero-order valence-corrected chi connectivity index (χ0v) is 21.2. The highest BCUT2D eigenvalue weighted by Gasteiger charge is 2.32. The molecule has 0 fully saturated rings. The first-order chi connectivity index (χ1) is 16.6. The molecule has 1 atom stereocenters. The number of halogens is 3. The van der Waals surface area contributed by atoms with E-state index in [1.54, 1.807) is 0 Å². The van der Waals surface area contributed by atoms with Crippen molar-refractivity contribution in [1.29, 1.82) is 0 Å². The van der Waals surface area contributed by atoms with E-state index >= 15 is 0 Å². The number of sulfone groups is 2. The SMILES string of the molecule is C[C@H](NS(C)(=O)=O)c1ccc(S(=O)(=O)c2ccc(OC(F)F)cc2S(=O)(=O)c2ccccc2F)cc1. The molecule has 0 radical (unpaired) electrons. The van der Waals surface area contributed by atoms with Gasteiger partial charge in [-0.25, -0.2) is 34.4 Å². The van der Waals surface area contributed by atoms with Gasteiger partial charge in [-0.05, 0) is 48.9 Å². The highest BCUT2D eigenvalue weighted by atomic mass is 32.2. The zero-order chi connectivity index (χ0) is 26.9. The Hall–Kier alpha value is -2.94. The second-order valence-electron chi connectivity index (χ2n) is 7.61. The van der Waals surface area contributed by atoms with Gasteiger partial charge in [0.2, 0.25) is 29.7 Å². The lowest BCUT2D eigenvalue weighted by atomic mass is 10.1. The molecule has 0 saturated heterocycles. The van der Waals surface area contributed by atoms with Crippen molar-refractivity contribution >= 4 is 29.7 Å². The van der Waals surface area contributed by atoms with Crippen LogP contribution in [-0.2, 0) is 29.7 Å². The second kappa shape index (κ2) is 10.2. The molecule has 3 rings (SSSR count). The van der Waals surface area contributed by atoms with E-state index < -0.39 is 68.6 Å². The number of hydrogen-bond donors (Lipinski definition) is 1. The molecule has 1 N–H and O–H groups in total. The third kappa shape index (κ3) is 6.06. The fourth-order valence-corrected chi connectivity index (χ4v) is 7.51. The van der Waals surface area contributed by atoms with Crippen LogP contribution in [0.2, 0.25) is 0 Å². The smallest absolute Gasteiger partial charge is 0.387 e. The van der Waals surface area contributed by atoms with Crippen LogP contribution in [0.1, 0.15) is 18.5 Å². The van der Waals surface area contributed by atoms with Crippen molar-refractivity contribution in [2.45, 2.75) is 39.2 Å². The molecule has 8 nitrogen and oxygen atoms in total. The van der Waals surface area contributed by atoms with E-state index in [-0.39, 0.29) is 4.90 Å². The van der Waals surface area contributed by atoms with Crippen molar-refractivity contribution in [2.24, 2.45) is 0 Å². The Bertz CT molecular complexity index is 1590. The molecule has 0 unspecified atom stereocenters. The predicted octanol–water partition coefficient (Wildman–Crippen LogP) is 3.70. The van der Waals surface area contributed by atoms with E-state index in [0.717, 1.165) is 42.7 Å². The zero-order valence-electron chi connectivity index (χ0n) is 18.7. The van der Waals surface area contributed by atoms with Crippen molar-refractivity contribution in [2.75, 3.05) is 6.26 Å². The van der Waals surface area contributed by atoms with Crippen LogP contribution in [0.4, 0.5) is 13.2 Å². The van der Waals surface area contributed by atoms with Crippen LogP contribution < -0.4 is 9.46 Å². The maximum atomic E-state index is 14.3. The molecule has 36 heavy (non-hydrogen) atoms. The first-order valence-corrected chi connectivity index (χ1v) is 14.9. The van der Waals surface area contributed by atoms with Gasteiger partial charge in [0.25, 0.3) is 0 Å². The van der Waals surface area contributed by atoms with Gasteiger partial charge in [-0.3, -0.25) is 0 Å². The molecule has 0 aromatic heterocycles. The highest BCUT2D eigenvalue weighted by Crippen LogP contribution is 2.35. The van der Waals surface area contributed by atoms with Crippen molar-refractivity contribution in [3.63, 3.8) is 0 Å². The van der Waals surface area contributed by atoms with Crippen LogP contribution in [0, 0.1) is 5.82 Å². The lowest BCUT2D eigenvalue weighted by Crippen LogP contribution is -2.25. The van der Waals surface area contributed by atoms with Crippen molar-refractivity contribution < 1.29 is 43.2 Å². The first kappa shape index (κ1) is 27.6. The van der Waals surface area contributed by atoms with E-state index in [1.165, 1.54) is 31.2 Å². The monoisotopic (exact) mass is 563 g/mol. The Kier molecular flexibility index (Phi) is 7.83. The topological polar surface area (TPSA) is 124 Å². The quantitative estimate of drug-likeness (QED) is 0.421. The maximum absolute atomic E-state index is 14.3. The Labute approximate surface area is 206 Å². The lowest BCUT2D eigenvalue weighted by Gasteiger charge is -2.15. The summed E-state index contributed by atoms with van der Waals surface area (Å²) in [5.74, 6) is -1.81. The van der Waals surface area contributed by atoms with Gasteiger partial charge in [0, 0.05) is 12.1 Å². The van der Waals surface area contributed by atoms with Crippen molar-refractivity contribution in [3.8, 4) is 5.75 Å². The van der Waals surface area contributed by atoms with E-state index in [2.05, 4.69) is 9.46 Å². The van der Waals surface area contributed by atoms with Gasteiger partial charge in [-0.1, -0.05) is 24.3 Å². The Morgan fingerprint density at radius 3 is 1.94 bits per heavy atom. The summed E-state index contributed by atoms with van der Waals surface area (Å²) >= 11 is 0. The molecule has 0 bridgehead atoms. The average molecular weight is 564 g/mol. The third-order valence-corrected chi connectivity index (χ3v) is 9.49. The van der Waals surface area contributed by atoms with Crippen LogP contribution in [0.25, 0.3) is 0 Å². The first-order valence-electron chi connectivity index (χ1n) is 10.0. The maximum Gasteiger partial charge on any atom is 0.387 e. The molecule has 0 amide bonds. The van der Waals surface area contributed by atoms with Gasteiger partial charge in [-0.15, -0.1) is 0 Å². The third-order valence-electron chi connectivity index (χ3n) is 4.93. The minimum absolute atomic E-state index is 0.370. The Balaban J connectivity index is 2.16. The molecule has 0 aliphatic carbocycles. The summed E-state index contributed by atoms with van der Waals surface area (Å²) < 4.78 is 123. The van der Waals surface area contributed by atoms with Crippen LogP contribution >= 0.6 is 0 Å². The van der Waals surface area contributed by atoms with Crippen LogP contribution in [0.15, 0.2) is 86.3 Å². The van der Waals surface area contributed by atoms with E-state index in [4.69, 9.17) is 0 Å². The summed E-state index contributed by atoms with van der Waals surface area (Å²) in [6, 6.07) is 10.7. The highest BCUT2D eigenvalue weighted by molar-refractivity contribution is 7.94. The fraction of sp³-hybridized carbons (Fsp3) is 0.182. The number of alkyl halides is 2. The number of rotatable bonds is 9. The van der Waals surface area contributed by atoms with Crippen LogP contribution in [0.3, 0.4) is 0 Å². The fourth-order valence-electron chi connectivity index (χ4n) is 3.33. The van der Waals surface area contributed by atoms with Crippen LogP contribution in [-0.4, -0.2) is 38.1 Å². The molecule has 0 aliphatic heterocycles. The molecule has 0 saturated carbocycles. The van der Waals surface area contributed by atoms with Crippen molar-refractivity contribution in [1.82, 2.24) is 4.72 Å². The number of ether oxygens (including phenoxy) is 1. The average Bonchev–Trinajstić information content (AvgIpc) is 2.77. The molecular weight excluding hydrogens is 543 g/mol. The Morgan fingerprint density at radius 1 is 0.778 bits per heavy atom. The van der Waals surface area contributed by atoms with E-state index in [9.17, 15) is 38.4 Å². The summed E-state index contributed by atoms with van der Waals surface area (Å²) in [5.41, 5.74) is 0.416. The number of sulfonamides is 1. The summed E-state index contributed by atoms with van der Waals surface area (Å²) in [6.45, 7) is -1.79. The number of hydrogen-bond acceptors (Lipinski definition) is 7. The molecule has 3 aromatic carbocycles. The lowest BCUT2D eigenvalue weighted by molar-refractivity contribution is -0.0500. The molecular formula is C22H20F3NO7S3. The summed E-state index contributed by atoms with van der Waals surface area (Å²) in [7, 11) is -13.0. The number of nitrogens with one attached hydrogen (secondary N) is 1. The Morgan fingerprint density at radius 2 is 1.39 bits per heavy atom. The normalized spacial score (nSPS) is 13.5. The molecule has 0 aliphatic rings. The van der Waals surface area contributed by atoms with Gasteiger partial charge in [0.15, 0.2) is 0 Å². The minimum Gasteiger partial charge on any atom is -0.435 e. The van der Waals surface area contributed by atoms with Gasteiger partial charge in [-0.2, -0.15) is 8.78 Å². The van der Waals surface area contributed by atoms with E-state index in [1.807, 2.05) is 0 Å². The van der Waals surface area contributed by atoms with Gasteiger partial charge in [0.05, 0.1) is 20.9 Å². The molecule has 14 heteroatoms. The summed E-state index contributed by atoms with van der Waals surface area (Å²) in [5, 5.41) is 0. The van der Waals surface area contributed by atoms with Crippen molar-refractivity contribution in [3.05, 3.63) is 78.1 Å². The summed E-state index contributed by atoms with van der Waals surface area (Å²) in [4.78, 5) is -2.97. The molecule has 0 spiro atoms. The van der Waals surface area contributed by atoms with Gasteiger partial charge < -0.3 is 4.74 Å². The molecule has 194 valence electrons. The van der Waals surface area contributed by atoms with E-state index in [0.29, 0.717) is 11.6 Å². The molecule has 0 heterocycles. The number of benzene rings is 3. The predicted molar refractivity (Wildman–Crippen MR) is 123 cm³/mol. The van der Waals surface area contributed by atoms with Crippen LogP contribution in [0.5, 0.6) is 5.75 Å². The largest absolute Gasteiger partial charge is 0.435 e. The summed E-state index contributed by atoms with van der Waals surface area (Å²) in [6.07, 6.45) is 0.960. The minimum atomic E-state index is -4.85. The molecule has 3 aromatic rings. The standard InChI is InChI=1S/C22H20F3NO7S3/c1-14(26-34(2,27)28)15-7-10-17(11-8-15)35(29,30)20-12-9-16(33-22(24)25)13-21(20)36(31,32)19-6-4-3-5-18(19)23/h3-14,22,26H,1-2H3/t14-/m0/s1. The second-order valence-corrected chi connectivity index (χ2v) is 13.2. The van der Waals surface area contributed by atoms with Gasteiger partial charge in [0.1, 0.15) is 16.5 Å².